The number of amides is 1. The van der Waals surface area contributed by atoms with Crippen molar-refractivity contribution in [3.05, 3.63) is 86.7 Å². The molecule has 1 amide bonds. The second-order valence-corrected chi connectivity index (χ2v) is 7.13. The van der Waals surface area contributed by atoms with E-state index in [0.717, 1.165) is 35.9 Å². The summed E-state index contributed by atoms with van der Waals surface area (Å²) in [5, 5.41) is 4.51. The van der Waals surface area contributed by atoms with Crippen LogP contribution >= 0.6 is 11.6 Å². The molecule has 4 rings (SSSR count). The molecule has 0 saturated carbocycles. The van der Waals surface area contributed by atoms with Crippen LogP contribution in [-0.2, 0) is 24.3 Å². The van der Waals surface area contributed by atoms with E-state index in [2.05, 4.69) is 11.4 Å². The van der Waals surface area contributed by atoms with Crippen molar-refractivity contribution in [1.82, 2.24) is 9.88 Å². The maximum absolute atomic E-state index is 12.8. The molecule has 0 saturated heterocycles. The molecule has 2 heterocycles. The third-order valence-corrected chi connectivity index (χ3v) is 5.10. The molecule has 0 bridgehead atoms. The van der Waals surface area contributed by atoms with Crippen LogP contribution in [0.1, 0.15) is 23.1 Å². The highest BCUT2D eigenvalue weighted by Gasteiger charge is 2.15. The Hall–Kier alpha value is -2.85. The monoisotopic (exact) mass is 378 g/mol. The van der Waals surface area contributed by atoms with Crippen molar-refractivity contribution in [2.75, 3.05) is 0 Å². The molecule has 2 aromatic carbocycles. The lowest BCUT2D eigenvalue weighted by molar-refractivity contribution is -0.116. The maximum atomic E-state index is 12.8. The zero-order valence-electron chi connectivity index (χ0n) is 14.7. The van der Waals surface area contributed by atoms with Gasteiger partial charge in [0.25, 0.3) is 5.56 Å². The van der Waals surface area contributed by atoms with Gasteiger partial charge in [0.05, 0.1) is 5.52 Å². The Morgan fingerprint density at radius 2 is 2.00 bits per heavy atom. The highest BCUT2D eigenvalue weighted by atomic mass is 35.5. The fourth-order valence-corrected chi connectivity index (χ4v) is 3.65. The molecule has 1 aromatic heterocycles. The SMILES string of the molecule is O=C(C=Cc1cc2cccc3c2n(c1=O)CCC3)NCc1ccc(Cl)cc1. The van der Waals surface area contributed by atoms with Crippen molar-refractivity contribution in [2.24, 2.45) is 0 Å². The number of nitrogens with zero attached hydrogens (tertiary/aromatic N) is 1. The number of pyridine rings is 1. The number of para-hydroxylation sites is 1. The molecule has 1 N–H and O–H groups in total. The summed E-state index contributed by atoms with van der Waals surface area (Å²) in [7, 11) is 0. The largest absolute Gasteiger partial charge is 0.348 e. The van der Waals surface area contributed by atoms with Gasteiger partial charge < -0.3 is 9.88 Å². The van der Waals surface area contributed by atoms with Crippen LogP contribution in [0.2, 0.25) is 5.02 Å². The average molecular weight is 379 g/mol. The van der Waals surface area contributed by atoms with Crippen LogP contribution in [0.25, 0.3) is 17.0 Å². The molecule has 0 spiro atoms. The van der Waals surface area contributed by atoms with E-state index in [-0.39, 0.29) is 11.5 Å². The Labute approximate surface area is 162 Å². The number of carbonyl (C=O) groups is 1. The van der Waals surface area contributed by atoms with Crippen molar-refractivity contribution < 1.29 is 4.79 Å². The van der Waals surface area contributed by atoms with Crippen molar-refractivity contribution in [3.8, 4) is 0 Å². The molecular formula is C22H19ClN2O2. The first-order valence-electron chi connectivity index (χ1n) is 8.97. The van der Waals surface area contributed by atoms with E-state index in [1.807, 2.05) is 34.9 Å². The lowest BCUT2D eigenvalue weighted by Crippen LogP contribution is -2.26. The number of hydrogen-bond acceptors (Lipinski definition) is 2. The van der Waals surface area contributed by atoms with Gasteiger partial charge in [-0.2, -0.15) is 0 Å². The van der Waals surface area contributed by atoms with Gasteiger partial charge in [-0.1, -0.05) is 41.9 Å². The van der Waals surface area contributed by atoms with Crippen molar-refractivity contribution in [1.29, 1.82) is 0 Å². The summed E-state index contributed by atoms with van der Waals surface area (Å²) in [5.74, 6) is -0.239. The van der Waals surface area contributed by atoms with Gasteiger partial charge in [-0.3, -0.25) is 9.59 Å². The molecule has 0 unspecified atom stereocenters. The molecule has 0 atom stereocenters. The fourth-order valence-electron chi connectivity index (χ4n) is 3.52. The minimum atomic E-state index is -0.239. The second kappa shape index (κ2) is 7.41. The molecular weight excluding hydrogens is 360 g/mol. The lowest BCUT2D eigenvalue weighted by Gasteiger charge is -2.19. The van der Waals surface area contributed by atoms with Crippen LogP contribution in [-0.4, -0.2) is 10.5 Å². The first-order chi connectivity index (χ1) is 13.1. The molecule has 3 aromatic rings. The molecule has 136 valence electrons. The zero-order chi connectivity index (χ0) is 18.8. The minimum absolute atomic E-state index is 0.0450. The van der Waals surface area contributed by atoms with Crippen molar-refractivity contribution in [2.45, 2.75) is 25.9 Å². The van der Waals surface area contributed by atoms with Gasteiger partial charge in [-0.05, 0) is 53.6 Å². The van der Waals surface area contributed by atoms with E-state index in [4.69, 9.17) is 11.6 Å². The summed E-state index contributed by atoms with van der Waals surface area (Å²) in [6, 6.07) is 15.3. The Bertz CT molecular complexity index is 1100. The Kier molecular flexibility index (Phi) is 4.82. The Morgan fingerprint density at radius 1 is 1.19 bits per heavy atom. The van der Waals surface area contributed by atoms with E-state index in [1.165, 1.54) is 11.6 Å². The summed E-state index contributed by atoms with van der Waals surface area (Å²) in [5.41, 5.74) is 3.69. The van der Waals surface area contributed by atoms with E-state index >= 15 is 0 Å². The van der Waals surface area contributed by atoms with Crippen molar-refractivity contribution in [3.63, 3.8) is 0 Å². The third kappa shape index (κ3) is 3.67. The number of benzene rings is 2. The molecule has 0 fully saturated rings. The first kappa shape index (κ1) is 17.6. The fraction of sp³-hybridized carbons (Fsp3) is 0.182. The third-order valence-electron chi connectivity index (χ3n) is 4.85. The Balaban J connectivity index is 1.54. The predicted octanol–water partition coefficient (Wildman–Crippen LogP) is 3.93. The molecule has 0 aliphatic carbocycles. The number of aromatic nitrogens is 1. The molecule has 1 aliphatic heterocycles. The van der Waals surface area contributed by atoms with Crippen molar-refractivity contribution >= 4 is 34.5 Å². The number of carbonyl (C=O) groups excluding carboxylic acids is 1. The maximum Gasteiger partial charge on any atom is 0.258 e. The summed E-state index contributed by atoms with van der Waals surface area (Å²) >= 11 is 5.86. The summed E-state index contributed by atoms with van der Waals surface area (Å²) in [6.07, 6.45) is 4.97. The van der Waals surface area contributed by atoms with Crippen LogP contribution in [0.3, 0.4) is 0 Å². The van der Waals surface area contributed by atoms with E-state index in [0.29, 0.717) is 17.1 Å². The van der Waals surface area contributed by atoms with E-state index in [1.54, 1.807) is 18.2 Å². The first-order valence-corrected chi connectivity index (χ1v) is 9.35. The quantitative estimate of drug-likeness (QED) is 0.699. The zero-order valence-corrected chi connectivity index (χ0v) is 15.5. The minimum Gasteiger partial charge on any atom is -0.348 e. The van der Waals surface area contributed by atoms with Gasteiger partial charge in [0.1, 0.15) is 0 Å². The number of halogens is 1. The van der Waals surface area contributed by atoms with Crippen LogP contribution < -0.4 is 10.9 Å². The highest BCUT2D eigenvalue weighted by Crippen LogP contribution is 2.24. The predicted molar refractivity (Wildman–Crippen MR) is 109 cm³/mol. The number of rotatable bonds is 4. The van der Waals surface area contributed by atoms with Gasteiger partial charge in [0.15, 0.2) is 0 Å². The number of nitrogens with one attached hydrogen (secondary N) is 1. The highest BCUT2D eigenvalue weighted by molar-refractivity contribution is 6.30. The van der Waals surface area contributed by atoms with Crippen LogP contribution in [0.4, 0.5) is 0 Å². The van der Waals surface area contributed by atoms with Crippen LogP contribution in [0, 0.1) is 0 Å². The summed E-state index contributed by atoms with van der Waals surface area (Å²) < 4.78 is 1.83. The van der Waals surface area contributed by atoms with Gasteiger partial charge in [-0.15, -0.1) is 0 Å². The Morgan fingerprint density at radius 3 is 2.81 bits per heavy atom. The normalized spacial score (nSPS) is 13.2. The topological polar surface area (TPSA) is 51.1 Å². The standard InChI is InChI=1S/C22H19ClN2O2/c23-19-9-6-15(7-10-19)14-24-20(26)11-8-18-13-17-4-1-3-16-5-2-12-25(21(16)17)22(18)27/h1,3-4,6-11,13H,2,5,12,14H2,(H,24,26). The van der Waals surface area contributed by atoms with Crippen LogP contribution in [0.5, 0.6) is 0 Å². The van der Waals surface area contributed by atoms with Gasteiger partial charge in [-0.25, -0.2) is 0 Å². The summed E-state index contributed by atoms with van der Waals surface area (Å²) in [4.78, 5) is 24.9. The van der Waals surface area contributed by atoms with Crippen LogP contribution in [0.15, 0.2) is 59.4 Å². The molecule has 1 aliphatic rings. The lowest BCUT2D eigenvalue weighted by atomic mass is 10.00. The smallest absolute Gasteiger partial charge is 0.258 e. The second-order valence-electron chi connectivity index (χ2n) is 6.69. The molecule has 5 heteroatoms. The molecule has 4 nitrogen and oxygen atoms in total. The van der Waals surface area contributed by atoms with E-state index in [9.17, 15) is 9.59 Å². The van der Waals surface area contributed by atoms with Gasteiger partial charge in [0.2, 0.25) is 5.91 Å². The van der Waals surface area contributed by atoms with E-state index < -0.39 is 0 Å². The van der Waals surface area contributed by atoms with Gasteiger partial charge in [0, 0.05) is 29.8 Å². The average Bonchev–Trinajstić information content (AvgIpc) is 2.69. The van der Waals surface area contributed by atoms with Gasteiger partial charge >= 0.3 is 0 Å². The molecule has 27 heavy (non-hydrogen) atoms. The number of aryl methyl sites for hydroxylation is 2. The number of hydrogen-bond donors (Lipinski definition) is 1. The summed E-state index contributed by atoms with van der Waals surface area (Å²) in [6.45, 7) is 1.13. The molecule has 0 radical (unpaired) electrons.